The van der Waals surface area contributed by atoms with E-state index in [4.69, 9.17) is 4.74 Å². The molecule has 3 aliphatic rings. The third-order valence-electron chi connectivity index (χ3n) is 7.76. The van der Waals surface area contributed by atoms with Crippen molar-refractivity contribution in [1.29, 1.82) is 0 Å². The van der Waals surface area contributed by atoms with E-state index in [2.05, 4.69) is 10.6 Å². The second-order valence-corrected chi connectivity index (χ2v) is 10.9. The lowest BCUT2D eigenvalue weighted by Gasteiger charge is -2.38. The molecule has 3 heterocycles. The van der Waals surface area contributed by atoms with Crippen molar-refractivity contribution in [3.05, 3.63) is 30.3 Å². The molecule has 4 rings (SSSR count). The summed E-state index contributed by atoms with van der Waals surface area (Å²) in [6, 6.07) is 7.74. The van der Waals surface area contributed by atoms with E-state index in [1.54, 1.807) is 0 Å². The molecule has 3 amide bonds. The molecule has 0 aliphatic carbocycles. The SMILES string of the molecule is CC[C@@H](CO)N1C(=O)[C@@H]2[C@@H](C(=O)Nc3ccccc3)[C@@]3(CC)CCC2(O3)C1C(=O)NC(C)(C)C. The molecule has 0 radical (unpaired) electrons. The maximum Gasteiger partial charge on any atom is 0.246 e. The molecule has 0 aromatic heterocycles. The molecule has 3 saturated heterocycles. The first kappa shape index (κ1) is 24.7. The van der Waals surface area contributed by atoms with Crippen molar-refractivity contribution in [3.8, 4) is 0 Å². The Morgan fingerprint density at radius 2 is 1.85 bits per heavy atom. The predicted octanol–water partition coefficient (Wildman–Crippen LogP) is 2.47. The number of amides is 3. The number of likely N-dealkylation sites (tertiary alicyclic amines) is 1. The number of aliphatic hydroxyl groups is 1. The van der Waals surface area contributed by atoms with Gasteiger partial charge in [0.2, 0.25) is 17.7 Å². The smallest absolute Gasteiger partial charge is 0.246 e. The lowest BCUT2D eigenvalue weighted by molar-refractivity contribution is -0.150. The minimum absolute atomic E-state index is 0.260. The number of ether oxygens (including phenoxy) is 1. The Balaban J connectivity index is 1.78. The van der Waals surface area contributed by atoms with Gasteiger partial charge < -0.3 is 25.4 Å². The second kappa shape index (κ2) is 8.64. The average molecular weight is 472 g/mol. The van der Waals surface area contributed by atoms with Crippen LogP contribution in [0.3, 0.4) is 0 Å². The van der Waals surface area contributed by atoms with E-state index in [0.717, 1.165) is 0 Å². The van der Waals surface area contributed by atoms with Crippen LogP contribution >= 0.6 is 0 Å². The molecule has 8 heteroatoms. The van der Waals surface area contributed by atoms with Gasteiger partial charge >= 0.3 is 0 Å². The van der Waals surface area contributed by atoms with Gasteiger partial charge in [-0.1, -0.05) is 32.0 Å². The van der Waals surface area contributed by atoms with Crippen LogP contribution in [0.2, 0.25) is 0 Å². The van der Waals surface area contributed by atoms with Gasteiger partial charge in [-0.15, -0.1) is 0 Å². The summed E-state index contributed by atoms with van der Waals surface area (Å²) in [7, 11) is 0. The summed E-state index contributed by atoms with van der Waals surface area (Å²) < 4.78 is 6.71. The molecule has 6 atom stereocenters. The fourth-order valence-corrected chi connectivity index (χ4v) is 6.34. The second-order valence-electron chi connectivity index (χ2n) is 10.9. The zero-order valence-electron chi connectivity index (χ0n) is 20.8. The highest BCUT2D eigenvalue weighted by molar-refractivity contribution is 6.02. The molecule has 3 aliphatic heterocycles. The molecule has 1 spiro atoms. The van der Waals surface area contributed by atoms with Gasteiger partial charge in [0.1, 0.15) is 11.6 Å². The van der Waals surface area contributed by atoms with Crippen LogP contribution in [-0.2, 0) is 19.1 Å². The summed E-state index contributed by atoms with van der Waals surface area (Å²) in [6.07, 6.45) is 2.18. The number of para-hydroxylation sites is 1. The normalized spacial score (nSPS) is 33.1. The van der Waals surface area contributed by atoms with Crippen LogP contribution in [0, 0.1) is 11.8 Å². The largest absolute Gasteiger partial charge is 0.394 e. The number of aliphatic hydroxyl groups excluding tert-OH is 1. The molecule has 2 bridgehead atoms. The third-order valence-corrected chi connectivity index (χ3v) is 7.76. The molecule has 0 saturated carbocycles. The Morgan fingerprint density at radius 1 is 1.18 bits per heavy atom. The monoisotopic (exact) mass is 471 g/mol. The van der Waals surface area contributed by atoms with Crippen molar-refractivity contribution in [1.82, 2.24) is 10.2 Å². The van der Waals surface area contributed by atoms with Gasteiger partial charge in [0.05, 0.1) is 30.1 Å². The minimum atomic E-state index is -1.09. The molecule has 1 aromatic rings. The summed E-state index contributed by atoms with van der Waals surface area (Å²) in [5.41, 5.74) is -1.75. The highest BCUT2D eigenvalue weighted by Gasteiger charge is 2.79. The molecule has 8 nitrogen and oxygen atoms in total. The van der Waals surface area contributed by atoms with E-state index in [1.807, 2.05) is 65.0 Å². The maximum absolute atomic E-state index is 14.0. The van der Waals surface area contributed by atoms with Crippen molar-refractivity contribution >= 4 is 23.4 Å². The van der Waals surface area contributed by atoms with Gasteiger partial charge in [-0.05, 0) is 58.6 Å². The first-order chi connectivity index (χ1) is 16.0. The summed E-state index contributed by atoms with van der Waals surface area (Å²) in [4.78, 5) is 42.9. The molecule has 186 valence electrons. The Labute approximate surface area is 201 Å². The van der Waals surface area contributed by atoms with Crippen molar-refractivity contribution in [2.45, 2.75) is 89.1 Å². The van der Waals surface area contributed by atoms with E-state index in [1.165, 1.54) is 4.90 Å². The van der Waals surface area contributed by atoms with E-state index in [-0.39, 0.29) is 24.3 Å². The first-order valence-electron chi connectivity index (χ1n) is 12.3. The highest BCUT2D eigenvalue weighted by atomic mass is 16.5. The van der Waals surface area contributed by atoms with Crippen LogP contribution in [0.25, 0.3) is 0 Å². The first-order valence-corrected chi connectivity index (χ1v) is 12.3. The van der Waals surface area contributed by atoms with Crippen molar-refractivity contribution in [3.63, 3.8) is 0 Å². The summed E-state index contributed by atoms with van der Waals surface area (Å²) >= 11 is 0. The topological polar surface area (TPSA) is 108 Å². The lowest BCUT2D eigenvalue weighted by atomic mass is 9.65. The zero-order valence-corrected chi connectivity index (χ0v) is 20.8. The Bertz CT molecular complexity index is 957. The number of carbonyl (C=O) groups is 3. The zero-order chi connectivity index (χ0) is 24.9. The van der Waals surface area contributed by atoms with E-state index < -0.39 is 40.7 Å². The fraction of sp³-hybridized carbons (Fsp3) is 0.654. The number of anilines is 1. The summed E-state index contributed by atoms with van der Waals surface area (Å²) in [5.74, 6) is -2.34. The molecule has 3 fully saturated rings. The standard InChI is InChI=1S/C26H37N3O5/c1-6-17(15-30)29-20(22(32)28-24(3,4)5)26-14-13-25(7-2,34-26)18(19(26)23(29)33)21(31)27-16-11-9-8-10-12-16/h8-12,17-20,30H,6-7,13-15H2,1-5H3,(H,27,31)(H,28,32)/t17-,18-,19-,20?,25+,26?/m0/s1. The summed E-state index contributed by atoms with van der Waals surface area (Å²) in [5, 5.41) is 16.1. The lowest BCUT2D eigenvalue weighted by Crippen LogP contribution is -2.60. The molecule has 1 aromatic carbocycles. The van der Waals surface area contributed by atoms with Crippen LogP contribution in [0.5, 0.6) is 0 Å². The number of nitrogens with one attached hydrogen (secondary N) is 2. The van der Waals surface area contributed by atoms with Crippen LogP contribution in [0.4, 0.5) is 5.69 Å². The van der Waals surface area contributed by atoms with E-state index in [9.17, 15) is 19.5 Å². The van der Waals surface area contributed by atoms with Crippen LogP contribution in [0.15, 0.2) is 30.3 Å². The van der Waals surface area contributed by atoms with Crippen LogP contribution in [-0.4, -0.2) is 63.2 Å². The number of rotatable bonds is 7. The number of benzene rings is 1. The van der Waals surface area contributed by atoms with Gasteiger partial charge in [0.25, 0.3) is 0 Å². The van der Waals surface area contributed by atoms with Crippen LogP contribution < -0.4 is 10.6 Å². The van der Waals surface area contributed by atoms with Gasteiger partial charge in [0.15, 0.2) is 0 Å². The molecule has 2 unspecified atom stereocenters. The quantitative estimate of drug-likeness (QED) is 0.566. The molecule has 34 heavy (non-hydrogen) atoms. The third kappa shape index (κ3) is 3.71. The van der Waals surface area contributed by atoms with E-state index in [0.29, 0.717) is 31.4 Å². The van der Waals surface area contributed by atoms with Crippen molar-refractivity contribution in [2.75, 3.05) is 11.9 Å². The Morgan fingerprint density at radius 3 is 2.41 bits per heavy atom. The number of hydrogen-bond donors (Lipinski definition) is 3. The molecule has 3 N–H and O–H groups in total. The van der Waals surface area contributed by atoms with E-state index >= 15 is 0 Å². The number of carbonyl (C=O) groups excluding carboxylic acids is 3. The van der Waals surface area contributed by atoms with Crippen molar-refractivity contribution < 1.29 is 24.2 Å². The van der Waals surface area contributed by atoms with Gasteiger partial charge in [0, 0.05) is 11.2 Å². The maximum atomic E-state index is 14.0. The minimum Gasteiger partial charge on any atom is -0.394 e. The Hall–Kier alpha value is -2.45. The fourth-order valence-electron chi connectivity index (χ4n) is 6.34. The number of nitrogens with zero attached hydrogens (tertiary/aromatic N) is 1. The average Bonchev–Trinajstić information content (AvgIpc) is 3.38. The molecular weight excluding hydrogens is 434 g/mol. The number of fused-ring (bicyclic) bond motifs is 1. The number of hydrogen-bond acceptors (Lipinski definition) is 5. The van der Waals surface area contributed by atoms with Gasteiger partial charge in [-0.3, -0.25) is 14.4 Å². The van der Waals surface area contributed by atoms with Gasteiger partial charge in [-0.2, -0.15) is 0 Å². The van der Waals surface area contributed by atoms with Crippen LogP contribution in [0.1, 0.15) is 60.3 Å². The summed E-state index contributed by atoms with van der Waals surface area (Å²) in [6.45, 7) is 9.26. The van der Waals surface area contributed by atoms with Crippen molar-refractivity contribution in [2.24, 2.45) is 11.8 Å². The highest BCUT2D eigenvalue weighted by Crippen LogP contribution is 2.64. The Kier molecular flexibility index (Phi) is 6.27. The van der Waals surface area contributed by atoms with Gasteiger partial charge in [-0.25, -0.2) is 0 Å². The predicted molar refractivity (Wildman–Crippen MR) is 128 cm³/mol. The molecular formula is C26H37N3O5.